The van der Waals surface area contributed by atoms with Crippen LogP contribution in [0.4, 0.5) is 4.39 Å². The summed E-state index contributed by atoms with van der Waals surface area (Å²) < 4.78 is 18.6. The van der Waals surface area contributed by atoms with Crippen molar-refractivity contribution in [1.82, 2.24) is 10.2 Å². The van der Waals surface area contributed by atoms with E-state index in [1.54, 1.807) is 24.5 Å². The van der Waals surface area contributed by atoms with Crippen LogP contribution in [0.5, 0.6) is 0 Å². The number of carbonyl (C=O) groups is 1. The monoisotopic (exact) mass is 318 g/mol. The average Bonchev–Trinajstić information content (AvgIpc) is 3.15. The fourth-order valence-corrected chi connectivity index (χ4v) is 2.95. The number of nitrogens with one attached hydrogen (secondary N) is 1. The number of rotatable bonds is 5. The highest BCUT2D eigenvalue weighted by atomic mass is 19.1. The Kier molecular flexibility index (Phi) is 4.73. The summed E-state index contributed by atoms with van der Waals surface area (Å²) in [7, 11) is 0. The number of furan rings is 1. The molecule has 1 fully saturated rings. The van der Waals surface area contributed by atoms with Crippen molar-refractivity contribution < 1.29 is 18.7 Å². The van der Waals surface area contributed by atoms with Gasteiger partial charge in [0.05, 0.1) is 25.5 Å². The van der Waals surface area contributed by atoms with E-state index >= 15 is 0 Å². The number of hydrogen-bond acceptors (Lipinski definition) is 4. The van der Waals surface area contributed by atoms with Crippen molar-refractivity contribution in [3.63, 3.8) is 0 Å². The number of benzene rings is 1. The van der Waals surface area contributed by atoms with Gasteiger partial charge < -0.3 is 14.8 Å². The van der Waals surface area contributed by atoms with Crippen molar-refractivity contribution in [3.05, 3.63) is 59.8 Å². The van der Waals surface area contributed by atoms with Crippen LogP contribution in [0.3, 0.4) is 0 Å². The van der Waals surface area contributed by atoms with Crippen LogP contribution < -0.4 is 5.32 Å². The highest BCUT2D eigenvalue weighted by molar-refractivity contribution is 5.78. The van der Waals surface area contributed by atoms with Gasteiger partial charge >= 0.3 is 0 Å². The van der Waals surface area contributed by atoms with Crippen LogP contribution in [0.25, 0.3) is 0 Å². The molecular formula is C17H19FN2O3. The summed E-state index contributed by atoms with van der Waals surface area (Å²) >= 11 is 0. The summed E-state index contributed by atoms with van der Waals surface area (Å²) in [5.41, 5.74) is 0.778. The second-order valence-electron chi connectivity index (χ2n) is 5.75. The Morgan fingerprint density at radius 3 is 3.00 bits per heavy atom. The van der Waals surface area contributed by atoms with E-state index in [4.69, 9.17) is 4.42 Å². The molecule has 0 radical (unpaired) electrons. The third-order valence-electron chi connectivity index (χ3n) is 4.00. The molecule has 1 aromatic heterocycles. The number of aliphatic hydroxyl groups excluding tert-OH is 1. The first kappa shape index (κ1) is 15.7. The van der Waals surface area contributed by atoms with Crippen LogP contribution >= 0.6 is 0 Å². The Hall–Kier alpha value is -2.18. The zero-order valence-corrected chi connectivity index (χ0v) is 12.6. The van der Waals surface area contributed by atoms with Crippen molar-refractivity contribution in [2.24, 2.45) is 0 Å². The molecule has 5 nitrogen and oxygen atoms in total. The minimum Gasteiger partial charge on any atom is -0.467 e. The van der Waals surface area contributed by atoms with E-state index < -0.39 is 6.10 Å². The maximum Gasteiger partial charge on any atom is 0.234 e. The van der Waals surface area contributed by atoms with Gasteiger partial charge in [-0.15, -0.1) is 0 Å². The summed E-state index contributed by atoms with van der Waals surface area (Å²) in [5, 5.41) is 12.7. The van der Waals surface area contributed by atoms with Crippen LogP contribution in [0.1, 0.15) is 23.8 Å². The lowest BCUT2D eigenvalue weighted by molar-refractivity contribution is -0.122. The fraction of sp³-hybridized carbons (Fsp3) is 0.353. The predicted octanol–water partition coefficient (Wildman–Crippen LogP) is 1.84. The van der Waals surface area contributed by atoms with Gasteiger partial charge in [0.1, 0.15) is 11.6 Å². The average molecular weight is 318 g/mol. The number of hydrogen-bond donors (Lipinski definition) is 2. The second-order valence-corrected chi connectivity index (χ2v) is 5.75. The summed E-state index contributed by atoms with van der Waals surface area (Å²) in [4.78, 5) is 14.0. The number of carbonyl (C=O) groups excluding carboxylic acids is 1. The molecule has 6 heteroatoms. The molecule has 1 aromatic carbocycles. The first-order valence-electron chi connectivity index (χ1n) is 7.58. The van der Waals surface area contributed by atoms with Gasteiger partial charge in [0.2, 0.25) is 5.91 Å². The Balaban J connectivity index is 1.62. The smallest absolute Gasteiger partial charge is 0.234 e. The molecule has 23 heavy (non-hydrogen) atoms. The molecule has 0 unspecified atom stereocenters. The maximum absolute atomic E-state index is 13.4. The summed E-state index contributed by atoms with van der Waals surface area (Å²) in [6, 6.07) is 9.69. The summed E-state index contributed by atoms with van der Waals surface area (Å²) in [6.45, 7) is 0.876. The van der Waals surface area contributed by atoms with Crippen molar-refractivity contribution in [2.75, 3.05) is 13.1 Å². The lowest BCUT2D eigenvalue weighted by Crippen LogP contribution is -2.37. The summed E-state index contributed by atoms with van der Waals surface area (Å²) in [6.07, 6.45) is 1.54. The van der Waals surface area contributed by atoms with Crippen LogP contribution in [0.2, 0.25) is 0 Å². The van der Waals surface area contributed by atoms with Crippen molar-refractivity contribution >= 4 is 5.91 Å². The number of aliphatic hydroxyl groups is 1. The minimum absolute atomic E-state index is 0.152. The number of halogens is 1. The fourth-order valence-electron chi connectivity index (χ4n) is 2.95. The minimum atomic E-state index is -0.513. The molecule has 1 aliphatic rings. The number of β-amino-alcohol motifs (C(OH)–C–C–N with tert-alkyl or cyclic N) is 1. The third kappa shape index (κ3) is 3.97. The van der Waals surface area contributed by atoms with Gasteiger partial charge in [0.25, 0.3) is 0 Å². The lowest BCUT2D eigenvalue weighted by Gasteiger charge is -2.23. The van der Waals surface area contributed by atoms with Crippen LogP contribution in [-0.2, 0) is 11.3 Å². The standard InChI is InChI=1S/C17H19FN2O3/c18-13-4-1-3-12(7-13)16-8-14(21)10-20(16)11-17(22)19-9-15-5-2-6-23-15/h1-7,14,16,21H,8-11H2,(H,19,22)/t14-,16-/m0/s1. The third-order valence-corrected chi connectivity index (χ3v) is 4.00. The molecule has 3 rings (SSSR count). The quantitative estimate of drug-likeness (QED) is 0.883. The van der Waals surface area contributed by atoms with Crippen molar-refractivity contribution in [3.8, 4) is 0 Å². The van der Waals surface area contributed by atoms with Gasteiger partial charge in [-0.2, -0.15) is 0 Å². The zero-order chi connectivity index (χ0) is 16.2. The van der Waals surface area contributed by atoms with E-state index in [1.165, 1.54) is 12.1 Å². The topological polar surface area (TPSA) is 65.7 Å². The number of nitrogens with zero attached hydrogens (tertiary/aromatic N) is 1. The molecule has 1 amide bonds. The largest absolute Gasteiger partial charge is 0.467 e. The van der Waals surface area contributed by atoms with E-state index in [2.05, 4.69) is 5.32 Å². The molecule has 2 aromatic rings. The Bertz CT molecular complexity index is 660. The molecule has 1 aliphatic heterocycles. The van der Waals surface area contributed by atoms with Crippen LogP contribution in [-0.4, -0.2) is 35.1 Å². The van der Waals surface area contributed by atoms with E-state index in [1.807, 2.05) is 11.0 Å². The Labute approximate surface area is 133 Å². The van der Waals surface area contributed by atoms with Gasteiger partial charge in [-0.25, -0.2) is 4.39 Å². The Morgan fingerprint density at radius 2 is 2.26 bits per heavy atom. The highest BCUT2D eigenvalue weighted by Gasteiger charge is 2.33. The van der Waals surface area contributed by atoms with Gasteiger partial charge in [0.15, 0.2) is 0 Å². The molecular weight excluding hydrogens is 299 g/mol. The van der Waals surface area contributed by atoms with E-state index in [-0.39, 0.29) is 24.3 Å². The molecule has 2 N–H and O–H groups in total. The predicted molar refractivity (Wildman–Crippen MR) is 81.9 cm³/mol. The lowest BCUT2D eigenvalue weighted by atomic mass is 10.0. The zero-order valence-electron chi connectivity index (χ0n) is 12.6. The van der Waals surface area contributed by atoms with Crippen LogP contribution in [0.15, 0.2) is 47.1 Å². The molecule has 0 aliphatic carbocycles. The highest BCUT2D eigenvalue weighted by Crippen LogP contribution is 2.32. The molecule has 0 saturated carbocycles. The van der Waals surface area contributed by atoms with Gasteiger partial charge in [-0.1, -0.05) is 12.1 Å². The maximum atomic E-state index is 13.4. The summed E-state index contributed by atoms with van der Waals surface area (Å²) in [5.74, 6) is 0.213. The molecule has 2 heterocycles. The Morgan fingerprint density at radius 1 is 1.39 bits per heavy atom. The molecule has 0 bridgehead atoms. The first-order chi connectivity index (χ1) is 11.1. The van der Waals surface area contributed by atoms with Crippen molar-refractivity contribution in [2.45, 2.75) is 25.1 Å². The van der Waals surface area contributed by atoms with E-state index in [9.17, 15) is 14.3 Å². The molecule has 2 atom stereocenters. The SMILES string of the molecule is O=C(CN1C[C@@H](O)C[C@H]1c1cccc(F)c1)NCc1ccco1. The normalized spacial score (nSPS) is 21.5. The number of likely N-dealkylation sites (tertiary alicyclic amines) is 1. The number of amides is 1. The van der Waals surface area contributed by atoms with Gasteiger partial charge in [0, 0.05) is 12.6 Å². The van der Waals surface area contributed by atoms with Gasteiger partial charge in [-0.05, 0) is 36.2 Å². The molecule has 1 saturated heterocycles. The van der Waals surface area contributed by atoms with E-state index in [0.717, 1.165) is 5.56 Å². The second kappa shape index (κ2) is 6.93. The van der Waals surface area contributed by atoms with Crippen LogP contribution in [0, 0.1) is 5.82 Å². The van der Waals surface area contributed by atoms with Crippen molar-refractivity contribution in [1.29, 1.82) is 0 Å². The molecule has 122 valence electrons. The first-order valence-corrected chi connectivity index (χ1v) is 7.58. The molecule has 0 spiro atoms. The van der Waals surface area contributed by atoms with Gasteiger partial charge in [-0.3, -0.25) is 9.69 Å². The van der Waals surface area contributed by atoms with E-state index in [0.29, 0.717) is 25.3 Å².